The second-order valence-electron chi connectivity index (χ2n) is 21.0. The maximum atomic E-state index is 13.4. The van der Waals surface area contributed by atoms with Crippen molar-refractivity contribution in [3.05, 3.63) is 97.2 Å². The number of unbranched alkanes of at least 4 members (excludes halogenated alkanes) is 23. The average molecular weight is 1080 g/mol. The molecular formula is C66H113NO10. The molecule has 1 saturated heterocycles. The van der Waals surface area contributed by atoms with Crippen molar-refractivity contribution in [2.45, 2.75) is 294 Å². The lowest BCUT2D eigenvalue weighted by molar-refractivity contribution is -0.305. The van der Waals surface area contributed by atoms with E-state index < -0.39 is 67.4 Å². The smallest absolute Gasteiger partial charge is 0.306 e. The molecule has 8 unspecified atom stereocenters. The lowest BCUT2D eigenvalue weighted by Gasteiger charge is -2.41. The molecule has 442 valence electrons. The average Bonchev–Trinajstić information content (AvgIpc) is 3.43. The third-order valence-electron chi connectivity index (χ3n) is 14.0. The van der Waals surface area contributed by atoms with Crippen molar-refractivity contribution >= 4 is 11.9 Å². The first kappa shape index (κ1) is 71.6. The second kappa shape index (κ2) is 53.2. The van der Waals surface area contributed by atoms with Gasteiger partial charge < -0.3 is 45.1 Å². The van der Waals surface area contributed by atoms with Gasteiger partial charge in [-0.1, -0.05) is 234 Å². The number of aliphatic hydroxyl groups is 5. The molecule has 0 radical (unpaired) electrons. The Balaban J connectivity index is 2.67. The summed E-state index contributed by atoms with van der Waals surface area (Å²) in [5.74, 6) is -1.23. The number of carbonyl (C=O) groups is 2. The van der Waals surface area contributed by atoms with E-state index in [0.717, 1.165) is 122 Å². The molecule has 8 atom stereocenters. The van der Waals surface area contributed by atoms with Crippen LogP contribution in [0.4, 0.5) is 0 Å². The van der Waals surface area contributed by atoms with Crippen molar-refractivity contribution < 1.29 is 49.3 Å². The fraction of sp³-hybridized carbons (Fsp3) is 0.727. The first-order valence-corrected chi connectivity index (χ1v) is 31.0. The number of aliphatic hydroxyl groups excluding tert-OH is 5. The Labute approximate surface area is 469 Å². The third kappa shape index (κ3) is 41.3. The van der Waals surface area contributed by atoms with Crippen LogP contribution in [0.3, 0.4) is 0 Å². The molecule has 1 aliphatic heterocycles. The standard InChI is InChI=1S/C66H113NO10/c1-4-7-10-13-16-19-22-24-26-27-28-29-30-31-32-33-34-36-39-42-45-48-51-54-61(71)77-64-63(73)62(72)60(55-68)76-66(64)75-56-57(58(69)52-49-46-43-40-37-21-18-15-12-9-6-3)67-65(74)59(70)53-50-47-44-41-38-35-25-23-20-17-14-11-8-5-2/h7,10,16,19-20,23-24,26,28-29,31-32,34,36,49,52,57-60,62-64,66,68-70,72-73H,4-6,8-9,11-15,17-18,21-22,25,27,30,33,35,37-48,50-51,53-56H2,1-3H3,(H,67,74)/b10-7-,19-16-,23-20-,26-24-,29-28-,32-31-,36-34-,52-49+. The largest absolute Gasteiger partial charge is 0.454 e. The monoisotopic (exact) mass is 1080 g/mol. The molecule has 11 heteroatoms. The summed E-state index contributed by atoms with van der Waals surface area (Å²) in [6.45, 7) is 5.63. The molecule has 0 saturated carbocycles. The number of esters is 1. The van der Waals surface area contributed by atoms with Crippen LogP contribution in [-0.4, -0.2) is 99.6 Å². The second-order valence-corrected chi connectivity index (χ2v) is 21.0. The minimum atomic E-state index is -1.63. The molecule has 0 aromatic rings. The summed E-state index contributed by atoms with van der Waals surface area (Å²) in [6, 6.07) is -1.04. The zero-order valence-corrected chi connectivity index (χ0v) is 48.8. The Morgan fingerprint density at radius 1 is 0.519 bits per heavy atom. The van der Waals surface area contributed by atoms with Gasteiger partial charge in [-0.2, -0.15) is 0 Å². The molecular weight excluding hydrogens is 967 g/mol. The van der Waals surface area contributed by atoms with Crippen LogP contribution in [0.2, 0.25) is 0 Å². The van der Waals surface area contributed by atoms with Crippen LogP contribution in [-0.2, 0) is 23.8 Å². The number of amides is 1. The van der Waals surface area contributed by atoms with E-state index >= 15 is 0 Å². The zero-order chi connectivity index (χ0) is 56.1. The van der Waals surface area contributed by atoms with E-state index in [-0.39, 0.29) is 19.4 Å². The third-order valence-corrected chi connectivity index (χ3v) is 14.0. The Bertz CT molecular complexity index is 1620. The van der Waals surface area contributed by atoms with Crippen LogP contribution < -0.4 is 5.32 Å². The SMILES string of the molecule is CC/C=C\C/C=C\C/C=C\C/C=C\C/C=C\C/C=C\CCCCCCC(=O)OC1C(OCC(NC(=O)C(O)CCCCCCCC/C=C\CCCCCC)C(O)/C=C/CCCCCCCCCCC)OC(CO)C(O)C1O. The van der Waals surface area contributed by atoms with Crippen molar-refractivity contribution in [1.29, 1.82) is 0 Å². The van der Waals surface area contributed by atoms with Gasteiger partial charge in [0, 0.05) is 6.42 Å². The van der Waals surface area contributed by atoms with Gasteiger partial charge >= 0.3 is 5.97 Å². The van der Waals surface area contributed by atoms with Gasteiger partial charge in [0.15, 0.2) is 12.4 Å². The van der Waals surface area contributed by atoms with Crippen LogP contribution in [0, 0.1) is 0 Å². The van der Waals surface area contributed by atoms with Crippen molar-refractivity contribution in [3.8, 4) is 0 Å². The Morgan fingerprint density at radius 3 is 1.43 bits per heavy atom. The first-order valence-electron chi connectivity index (χ1n) is 31.0. The van der Waals surface area contributed by atoms with E-state index in [2.05, 4.69) is 111 Å². The highest BCUT2D eigenvalue weighted by atomic mass is 16.7. The number of carbonyl (C=O) groups excluding carboxylic acids is 2. The van der Waals surface area contributed by atoms with Crippen molar-refractivity contribution in [3.63, 3.8) is 0 Å². The number of hydrogen-bond acceptors (Lipinski definition) is 10. The fourth-order valence-electron chi connectivity index (χ4n) is 9.06. The van der Waals surface area contributed by atoms with E-state index in [1.54, 1.807) is 6.08 Å². The molecule has 0 spiro atoms. The van der Waals surface area contributed by atoms with Crippen molar-refractivity contribution in [2.24, 2.45) is 0 Å². The van der Waals surface area contributed by atoms with E-state index in [0.29, 0.717) is 12.8 Å². The predicted octanol–water partition coefficient (Wildman–Crippen LogP) is 14.7. The minimum absolute atomic E-state index is 0.0886. The molecule has 1 amide bonds. The Hall–Kier alpha value is -3.42. The van der Waals surface area contributed by atoms with Gasteiger partial charge in [-0.3, -0.25) is 9.59 Å². The van der Waals surface area contributed by atoms with Crippen molar-refractivity contribution in [1.82, 2.24) is 5.32 Å². The van der Waals surface area contributed by atoms with E-state index in [1.807, 2.05) is 6.08 Å². The molecule has 1 heterocycles. The fourth-order valence-corrected chi connectivity index (χ4v) is 9.06. The summed E-state index contributed by atoms with van der Waals surface area (Å²) in [4.78, 5) is 26.5. The minimum Gasteiger partial charge on any atom is -0.454 e. The Morgan fingerprint density at radius 2 is 0.935 bits per heavy atom. The quantitative estimate of drug-likeness (QED) is 0.0195. The molecule has 0 aromatic heterocycles. The highest BCUT2D eigenvalue weighted by molar-refractivity contribution is 5.80. The van der Waals surface area contributed by atoms with Crippen LogP contribution >= 0.6 is 0 Å². The number of hydrogen-bond donors (Lipinski definition) is 6. The molecule has 0 aliphatic carbocycles. The molecule has 0 bridgehead atoms. The normalized spacial score (nSPS) is 19.7. The van der Waals surface area contributed by atoms with Crippen LogP contribution in [0.5, 0.6) is 0 Å². The maximum Gasteiger partial charge on any atom is 0.306 e. The van der Waals surface area contributed by atoms with Crippen LogP contribution in [0.25, 0.3) is 0 Å². The van der Waals surface area contributed by atoms with Gasteiger partial charge in [0.25, 0.3) is 0 Å². The molecule has 1 rings (SSSR count). The summed E-state index contributed by atoms with van der Waals surface area (Å²) in [5.41, 5.74) is 0. The van der Waals surface area contributed by atoms with Crippen LogP contribution in [0.1, 0.15) is 245 Å². The summed E-state index contributed by atoms with van der Waals surface area (Å²) in [6.07, 6.45) is 60.1. The van der Waals surface area contributed by atoms with Crippen LogP contribution in [0.15, 0.2) is 97.2 Å². The maximum absolute atomic E-state index is 13.4. The van der Waals surface area contributed by atoms with Gasteiger partial charge in [0.1, 0.15) is 24.4 Å². The summed E-state index contributed by atoms with van der Waals surface area (Å²) < 4.78 is 17.6. The number of ether oxygens (including phenoxy) is 3. The first-order chi connectivity index (χ1) is 37.7. The number of nitrogens with one attached hydrogen (secondary N) is 1. The highest BCUT2D eigenvalue weighted by Crippen LogP contribution is 2.26. The van der Waals surface area contributed by atoms with Gasteiger partial charge in [-0.25, -0.2) is 0 Å². The molecule has 77 heavy (non-hydrogen) atoms. The summed E-state index contributed by atoms with van der Waals surface area (Å²) >= 11 is 0. The van der Waals surface area contributed by atoms with Gasteiger partial charge in [-0.15, -0.1) is 0 Å². The summed E-state index contributed by atoms with van der Waals surface area (Å²) in [7, 11) is 0. The highest BCUT2D eigenvalue weighted by Gasteiger charge is 2.47. The molecule has 1 fully saturated rings. The number of rotatable bonds is 51. The summed E-state index contributed by atoms with van der Waals surface area (Å²) in [5, 5.41) is 56.9. The van der Waals surface area contributed by atoms with Crippen molar-refractivity contribution in [2.75, 3.05) is 13.2 Å². The topological polar surface area (TPSA) is 175 Å². The number of allylic oxidation sites excluding steroid dienone is 15. The zero-order valence-electron chi connectivity index (χ0n) is 48.8. The van der Waals surface area contributed by atoms with Gasteiger partial charge in [-0.05, 0) is 103 Å². The molecule has 11 nitrogen and oxygen atoms in total. The molecule has 6 N–H and O–H groups in total. The lowest BCUT2D eigenvalue weighted by atomic mass is 9.99. The van der Waals surface area contributed by atoms with E-state index in [4.69, 9.17) is 14.2 Å². The molecule has 1 aliphatic rings. The Kier molecular flexibility index (Phi) is 49.5. The van der Waals surface area contributed by atoms with Gasteiger partial charge in [0.05, 0.1) is 25.4 Å². The lowest BCUT2D eigenvalue weighted by Crippen LogP contribution is -2.61. The van der Waals surface area contributed by atoms with E-state index in [9.17, 15) is 35.1 Å². The van der Waals surface area contributed by atoms with E-state index in [1.165, 1.54) is 77.0 Å². The molecule has 0 aromatic carbocycles. The van der Waals surface area contributed by atoms with Gasteiger partial charge in [0.2, 0.25) is 5.91 Å². The predicted molar refractivity (Wildman–Crippen MR) is 319 cm³/mol.